The van der Waals surface area contributed by atoms with Gasteiger partial charge in [-0.15, -0.1) is 0 Å². The van der Waals surface area contributed by atoms with Crippen molar-refractivity contribution in [3.63, 3.8) is 0 Å². The molecule has 8 heteroatoms. The number of nitrogens with zero attached hydrogens (tertiary/aromatic N) is 1. The van der Waals surface area contributed by atoms with Crippen LogP contribution in [0.15, 0.2) is 27.5 Å². The van der Waals surface area contributed by atoms with Gasteiger partial charge in [0.1, 0.15) is 4.90 Å². The van der Waals surface area contributed by atoms with Crippen molar-refractivity contribution in [3.8, 4) is 0 Å². The van der Waals surface area contributed by atoms with Crippen LogP contribution < -0.4 is 0 Å². The lowest BCUT2D eigenvalue weighted by Gasteiger charge is -2.02. The Morgan fingerprint density at radius 2 is 2.06 bits per heavy atom. The van der Waals surface area contributed by atoms with Gasteiger partial charge in [-0.1, -0.05) is 4.40 Å². The minimum atomic E-state index is -4.29. The van der Waals surface area contributed by atoms with Crippen molar-refractivity contribution >= 4 is 44.7 Å². The van der Waals surface area contributed by atoms with Crippen molar-refractivity contribution in [1.29, 1.82) is 0 Å². The number of sulfonamides is 1. The summed E-state index contributed by atoms with van der Waals surface area (Å²) in [7, 11) is -4.29. The molecule has 0 amide bonds. The van der Waals surface area contributed by atoms with E-state index in [1.165, 1.54) is 6.07 Å². The first kappa shape index (κ1) is 12.8. The second-order valence-electron chi connectivity index (χ2n) is 2.60. The highest BCUT2D eigenvalue weighted by molar-refractivity contribution is 14.1. The molecule has 0 radical (unpaired) electrons. The number of carboxylic acids is 1. The van der Waals surface area contributed by atoms with Crippen molar-refractivity contribution in [2.45, 2.75) is 4.90 Å². The highest BCUT2D eigenvalue weighted by Gasteiger charge is 2.22. The first-order chi connectivity index (χ1) is 7.38. The summed E-state index contributed by atoms with van der Waals surface area (Å²) >= 11 is 1.82. The van der Waals surface area contributed by atoms with E-state index in [0.717, 1.165) is 18.2 Å². The minimum absolute atomic E-state index is 0.431. The van der Waals surface area contributed by atoms with Crippen LogP contribution in [0.25, 0.3) is 0 Å². The van der Waals surface area contributed by atoms with Crippen LogP contribution in [0.3, 0.4) is 0 Å². The van der Waals surface area contributed by atoms with Gasteiger partial charge in [-0.25, -0.2) is 9.59 Å². The van der Waals surface area contributed by atoms with Crippen molar-refractivity contribution in [3.05, 3.63) is 27.3 Å². The molecule has 6 nitrogen and oxygen atoms in total. The summed E-state index contributed by atoms with van der Waals surface area (Å²) in [5.41, 5.74) is -0.431. The lowest BCUT2D eigenvalue weighted by Crippen LogP contribution is -2.07. The van der Waals surface area contributed by atoms with Gasteiger partial charge in [-0.2, -0.15) is 8.42 Å². The molecule has 0 spiro atoms. The molecule has 1 aromatic carbocycles. The first-order valence-electron chi connectivity index (χ1n) is 3.75. The van der Waals surface area contributed by atoms with Gasteiger partial charge in [0.25, 0.3) is 16.1 Å². The second kappa shape index (κ2) is 4.73. The normalized spacial score (nSPS) is 10.6. The quantitative estimate of drug-likeness (QED) is 0.497. The molecule has 0 aliphatic rings. The Morgan fingerprint density at radius 1 is 1.44 bits per heavy atom. The van der Waals surface area contributed by atoms with Gasteiger partial charge in [-0.05, 0) is 40.8 Å². The van der Waals surface area contributed by atoms with E-state index >= 15 is 0 Å². The third-order valence-corrected chi connectivity index (χ3v) is 3.49. The smallest absolute Gasteiger partial charge is 0.337 e. The molecule has 0 atom stereocenters. The number of benzene rings is 1. The summed E-state index contributed by atoms with van der Waals surface area (Å²) in [5, 5.41) is 8.78. The van der Waals surface area contributed by atoms with E-state index in [0.29, 0.717) is 3.57 Å². The number of isocyanates is 1. The van der Waals surface area contributed by atoms with Gasteiger partial charge in [-0.3, -0.25) is 0 Å². The molecule has 0 heterocycles. The van der Waals surface area contributed by atoms with Gasteiger partial charge in [0.15, 0.2) is 0 Å². The molecule has 1 aromatic rings. The molecule has 0 saturated heterocycles. The van der Waals surface area contributed by atoms with Crippen LogP contribution in [-0.2, 0) is 14.8 Å². The summed E-state index contributed by atoms with van der Waals surface area (Å²) in [6.45, 7) is 0. The van der Waals surface area contributed by atoms with Crippen LogP contribution in [-0.4, -0.2) is 25.6 Å². The Hall–Kier alpha value is -1.25. The Bertz CT molecular complexity index is 588. The maximum atomic E-state index is 11.4. The van der Waals surface area contributed by atoms with Gasteiger partial charge < -0.3 is 5.11 Å². The zero-order chi connectivity index (χ0) is 12.3. The largest absolute Gasteiger partial charge is 0.478 e. The molecule has 0 saturated carbocycles. The number of hydrogen-bond donors (Lipinski definition) is 1. The fourth-order valence-corrected chi connectivity index (χ4v) is 2.59. The van der Waals surface area contributed by atoms with Gasteiger partial charge in [0.05, 0.1) is 5.56 Å². The highest BCUT2D eigenvalue weighted by Crippen LogP contribution is 2.20. The summed E-state index contributed by atoms with van der Waals surface area (Å²) in [5.74, 6) is -1.41. The van der Waals surface area contributed by atoms with E-state index in [4.69, 9.17) is 5.11 Å². The number of carboxylic acid groups (broad SMARTS) is 1. The van der Waals surface area contributed by atoms with Crippen LogP contribution in [0.1, 0.15) is 10.4 Å². The van der Waals surface area contributed by atoms with Gasteiger partial charge in [0.2, 0.25) is 0 Å². The van der Waals surface area contributed by atoms with Crippen molar-refractivity contribution in [2.24, 2.45) is 4.40 Å². The topological polar surface area (TPSA) is 101 Å². The summed E-state index contributed by atoms with van der Waals surface area (Å²) in [4.78, 5) is 20.2. The standard InChI is InChI=1S/C8H4INO5S/c9-5-1-2-6(8(12)13)7(3-5)16(14,15)10-4-11/h1-3H,(H,12,13). The van der Waals surface area contributed by atoms with E-state index < -0.39 is 26.5 Å². The molecule has 1 rings (SSSR count). The zero-order valence-corrected chi connectivity index (χ0v) is 10.5. The molecular weight excluding hydrogens is 349 g/mol. The molecule has 16 heavy (non-hydrogen) atoms. The van der Waals surface area contributed by atoms with Crippen LogP contribution >= 0.6 is 22.6 Å². The zero-order valence-electron chi connectivity index (χ0n) is 7.55. The highest BCUT2D eigenvalue weighted by atomic mass is 127. The van der Waals surface area contributed by atoms with Gasteiger partial charge >= 0.3 is 5.97 Å². The van der Waals surface area contributed by atoms with E-state index in [9.17, 15) is 18.0 Å². The average Bonchev–Trinajstić information content (AvgIpc) is 2.17. The van der Waals surface area contributed by atoms with E-state index in [1.807, 2.05) is 22.6 Å². The molecule has 1 N–H and O–H groups in total. The number of aromatic carboxylic acids is 1. The maximum absolute atomic E-state index is 11.4. The summed E-state index contributed by atoms with van der Waals surface area (Å²) < 4.78 is 26.0. The lowest BCUT2D eigenvalue weighted by molar-refractivity contribution is 0.0692. The summed E-state index contributed by atoms with van der Waals surface area (Å²) in [6, 6.07) is 3.70. The molecule has 0 fully saturated rings. The minimum Gasteiger partial charge on any atom is -0.478 e. The Kier molecular flexibility index (Phi) is 3.79. The molecule has 0 aliphatic heterocycles. The van der Waals surface area contributed by atoms with Crippen molar-refractivity contribution in [2.75, 3.05) is 0 Å². The van der Waals surface area contributed by atoms with Crippen LogP contribution in [0.2, 0.25) is 0 Å². The maximum Gasteiger partial charge on any atom is 0.337 e. The summed E-state index contributed by atoms with van der Waals surface area (Å²) in [6.07, 6.45) is 0.884. The average molecular weight is 353 g/mol. The molecule has 0 aliphatic carbocycles. The van der Waals surface area contributed by atoms with Gasteiger partial charge in [0, 0.05) is 3.57 Å². The first-order valence-corrected chi connectivity index (χ1v) is 6.27. The number of carbonyl (C=O) groups is 1. The van der Waals surface area contributed by atoms with Crippen molar-refractivity contribution in [1.82, 2.24) is 0 Å². The lowest BCUT2D eigenvalue weighted by atomic mass is 10.2. The van der Waals surface area contributed by atoms with E-state index in [1.54, 1.807) is 0 Å². The predicted octanol–water partition coefficient (Wildman–Crippen LogP) is 1.01. The predicted molar refractivity (Wildman–Crippen MR) is 61.4 cm³/mol. The van der Waals surface area contributed by atoms with Crippen LogP contribution in [0, 0.1) is 3.57 Å². The number of carbonyl (C=O) groups excluding carboxylic acids is 1. The third-order valence-electron chi connectivity index (χ3n) is 1.61. The Balaban J connectivity index is 3.60. The second-order valence-corrected chi connectivity index (χ2v) is 5.42. The van der Waals surface area contributed by atoms with Crippen LogP contribution in [0.4, 0.5) is 0 Å². The number of halogens is 1. The Labute approximate surface area is 104 Å². The fourth-order valence-electron chi connectivity index (χ4n) is 0.985. The molecule has 0 unspecified atom stereocenters. The molecule has 84 valence electrons. The third kappa shape index (κ3) is 2.65. The fraction of sp³-hybridized carbons (Fsp3) is 0. The Morgan fingerprint density at radius 3 is 2.56 bits per heavy atom. The monoisotopic (exact) mass is 353 g/mol. The molecule has 0 aromatic heterocycles. The van der Waals surface area contributed by atoms with E-state index in [2.05, 4.69) is 4.40 Å². The SMILES string of the molecule is O=C=NS(=O)(=O)c1cc(I)ccc1C(=O)O. The number of rotatable bonds is 3. The molecular formula is C8H4INO5S. The van der Waals surface area contributed by atoms with Crippen LogP contribution in [0.5, 0.6) is 0 Å². The molecule has 0 bridgehead atoms. The van der Waals surface area contributed by atoms with E-state index in [-0.39, 0.29) is 0 Å². The van der Waals surface area contributed by atoms with Crippen molar-refractivity contribution < 1.29 is 23.1 Å². The number of hydrogen-bond acceptors (Lipinski definition) is 4.